The van der Waals surface area contributed by atoms with Gasteiger partial charge in [0.05, 0.1) is 0 Å². The van der Waals surface area contributed by atoms with Crippen LogP contribution in [0, 0.1) is 5.82 Å². The second-order valence-electron chi connectivity index (χ2n) is 5.17. The Morgan fingerprint density at radius 2 is 2.06 bits per heavy atom. The van der Waals surface area contributed by atoms with E-state index in [4.69, 9.17) is 0 Å². The van der Waals surface area contributed by atoms with E-state index in [1.807, 2.05) is 6.07 Å². The highest BCUT2D eigenvalue weighted by Crippen LogP contribution is 2.10. The molecule has 2 nitrogen and oxygen atoms in total. The fourth-order valence-electron chi connectivity index (χ4n) is 2.04. The zero-order chi connectivity index (χ0) is 13.5. The van der Waals surface area contributed by atoms with Crippen molar-refractivity contribution in [1.29, 1.82) is 0 Å². The first kappa shape index (κ1) is 15.1. The number of rotatable bonds is 7. The topological polar surface area (TPSA) is 15.3 Å². The van der Waals surface area contributed by atoms with Crippen molar-refractivity contribution >= 4 is 0 Å². The number of nitrogens with one attached hydrogen (secondary N) is 1. The third-order valence-corrected chi connectivity index (χ3v) is 3.18. The molecule has 0 saturated heterocycles. The van der Waals surface area contributed by atoms with Crippen LogP contribution in [-0.4, -0.2) is 30.6 Å². The maximum absolute atomic E-state index is 13.1. The Morgan fingerprint density at radius 3 is 2.61 bits per heavy atom. The van der Waals surface area contributed by atoms with E-state index < -0.39 is 0 Å². The van der Waals surface area contributed by atoms with Crippen molar-refractivity contribution in [3.8, 4) is 0 Å². The molecule has 18 heavy (non-hydrogen) atoms. The van der Waals surface area contributed by atoms with E-state index >= 15 is 0 Å². The van der Waals surface area contributed by atoms with E-state index in [1.54, 1.807) is 12.1 Å². The van der Waals surface area contributed by atoms with Crippen LogP contribution in [-0.2, 0) is 6.54 Å². The predicted octanol–water partition coefficient (Wildman–Crippen LogP) is 3.03. The molecular weight excluding hydrogens is 227 g/mol. The average Bonchev–Trinajstić information content (AvgIpc) is 2.29. The molecule has 1 unspecified atom stereocenters. The van der Waals surface area contributed by atoms with Gasteiger partial charge in [0.15, 0.2) is 0 Å². The van der Waals surface area contributed by atoms with Crippen LogP contribution in [0.2, 0.25) is 0 Å². The first-order valence-electron chi connectivity index (χ1n) is 6.71. The molecule has 0 heterocycles. The number of nitrogens with zero attached hydrogens (tertiary/aromatic N) is 1. The highest BCUT2D eigenvalue weighted by atomic mass is 19.1. The molecule has 0 saturated carbocycles. The largest absolute Gasteiger partial charge is 0.313 e. The molecule has 1 aromatic rings. The van der Waals surface area contributed by atoms with E-state index in [-0.39, 0.29) is 5.82 Å². The van der Waals surface area contributed by atoms with Crippen LogP contribution in [0.5, 0.6) is 0 Å². The van der Waals surface area contributed by atoms with Crippen molar-refractivity contribution in [1.82, 2.24) is 10.2 Å². The molecule has 0 aliphatic heterocycles. The Hall–Kier alpha value is -0.930. The second kappa shape index (κ2) is 7.49. The molecule has 3 heteroatoms. The maximum atomic E-state index is 13.1. The summed E-state index contributed by atoms with van der Waals surface area (Å²) in [4.78, 5) is 2.28. The molecular formula is C15H25FN2. The lowest BCUT2D eigenvalue weighted by atomic mass is 10.1. The summed E-state index contributed by atoms with van der Waals surface area (Å²) in [7, 11) is 2.10. The van der Waals surface area contributed by atoms with Gasteiger partial charge in [0.25, 0.3) is 0 Å². The SMILES string of the molecule is CCC(CNC(C)C)N(C)Cc1cccc(F)c1. The molecule has 0 bridgehead atoms. The molecule has 1 atom stereocenters. The van der Waals surface area contributed by atoms with Gasteiger partial charge in [-0.15, -0.1) is 0 Å². The number of hydrogen-bond donors (Lipinski definition) is 1. The number of halogens is 1. The Bertz CT molecular complexity index is 352. The van der Waals surface area contributed by atoms with E-state index in [1.165, 1.54) is 6.07 Å². The van der Waals surface area contributed by atoms with Gasteiger partial charge in [-0.25, -0.2) is 4.39 Å². The van der Waals surface area contributed by atoms with Crippen molar-refractivity contribution < 1.29 is 4.39 Å². The molecule has 0 radical (unpaired) electrons. The Kier molecular flexibility index (Phi) is 6.30. The third kappa shape index (κ3) is 5.15. The van der Waals surface area contributed by atoms with Crippen molar-refractivity contribution in [2.45, 2.75) is 45.8 Å². The first-order chi connectivity index (χ1) is 8.52. The smallest absolute Gasteiger partial charge is 0.123 e. The van der Waals surface area contributed by atoms with Gasteiger partial charge >= 0.3 is 0 Å². The highest BCUT2D eigenvalue weighted by molar-refractivity contribution is 5.16. The molecule has 0 amide bonds. The quantitative estimate of drug-likeness (QED) is 0.802. The summed E-state index contributed by atoms with van der Waals surface area (Å²) in [5.74, 6) is -0.158. The van der Waals surface area contributed by atoms with Gasteiger partial charge in [-0.2, -0.15) is 0 Å². The van der Waals surface area contributed by atoms with E-state index in [9.17, 15) is 4.39 Å². The summed E-state index contributed by atoms with van der Waals surface area (Å²) in [5, 5.41) is 3.46. The van der Waals surface area contributed by atoms with Crippen molar-refractivity contribution in [2.24, 2.45) is 0 Å². The Morgan fingerprint density at radius 1 is 1.33 bits per heavy atom. The minimum atomic E-state index is -0.158. The van der Waals surface area contributed by atoms with Gasteiger partial charge in [0.2, 0.25) is 0 Å². The van der Waals surface area contributed by atoms with Gasteiger partial charge in [0, 0.05) is 25.2 Å². The average molecular weight is 252 g/mol. The van der Waals surface area contributed by atoms with Gasteiger partial charge < -0.3 is 5.32 Å². The summed E-state index contributed by atoms with van der Waals surface area (Å²) < 4.78 is 13.1. The zero-order valence-electron chi connectivity index (χ0n) is 11.9. The molecule has 102 valence electrons. The van der Waals surface area contributed by atoms with Gasteiger partial charge in [-0.05, 0) is 31.2 Å². The fraction of sp³-hybridized carbons (Fsp3) is 0.600. The molecule has 0 aromatic heterocycles. The third-order valence-electron chi connectivity index (χ3n) is 3.18. The molecule has 0 spiro atoms. The van der Waals surface area contributed by atoms with Crippen molar-refractivity contribution in [3.63, 3.8) is 0 Å². The summed E-state index contributed by atoms with van der Waals surface area (Å²) in [6, 6.07) is 7.83. The molecule has 1 rings (SSSR count). The maximum Gasteiger partial charge on any atom is 0.123 e. The van der Waals surface area contributed by atoms with E-state index in [2.05, 4.69) is 38.0 Å². The van der Waals surface area contributed by atoms with Crippen LogP contribution < -0.4 is 5.32 Å². The Labute approximate surface area is 110 Å². The van der Waals surface area contributed by atoms with Crippen LogP contribution in [0.1, 0.15) is 32.8 Å². The number of likely N-dealkylation sites (N-methyl/N-ethyl adjacent to an activating group) is 1. The molecule has 0 fully saturated rings. The first-order valence-corrected chi connectivity index (χ1v) is 6.71. The summed E-state index contributed by atoms with van der Waals surface area (Å²) >= 11 is 0. The summed E-state index contributed by atoms with van der Waals surface area (Å²) in [5.41, 5.74) is 1.03. The minimum absolute atomic E-state index is 0.158. The molecule has 1 N–H and O–H groups in total. The lowest BCUT2D eigenvalue weighted by Crippen LogP contribution is -2.41. The molecule has 0 aliphatic carbocycles. The monoisotopic (exact) mass is 252 g/mol. The minimum Gasteiger partial charge on any atom is -0.313 e. The van der Waals surface area contributed by atoms with Crippen LogP contribution >= 0.6 is 0 Å². The van der Waals surface area contributed by atoms with Gasteiger partial charge in [0.1, 0.15) is 5.82 Å². The lowest BCUT2D eigenvalue weighted by Gasteiger charge is -2.28. The molecule has 0 aliphatic rings. The van der Waals surface area contributed by atoms with E-state index in [0.717, 1.165) is 25.1 Å². The standard InChI is InChI=1S/C15H25FN2/c1-5-15(10-17-12(2)3)18(4)11-13-7-6-8-14(16)9-13/h6-9,12,15,17H,5,10-11H2,1-4H3. The zero-order valence-corrected chi connectivity index (χ0v) is 11.9. The fourth-order valence-corrected chi connectivity index (χ4v) is 2.04. The molecule has 1 aromatic carbocycles. The van der Waals surface area contributed by atoms with Crippen LogP contribution in [0.15, 0.2) is 24.3 Å². The number of benzene rings is 1. The van der Waals surface area contributed by atoms with Gasteiger partial charge in [-0.1, -0.05) is 32.9 Å². The lowest BCUT2D eigenvalue weighted by molar-refractivity contribution is 0.218. The normalized spacial score (nSPS) is 13.3. The second-order valence-corrected chi connectivity index (χ2v) is 5.17. The highest BCUT2D eigenvalue weighted by Gasteiger charge is 2.13. The van der Waals surface area contributed by atoms with Crippen LogP contribution in [0.3, 0.4) is 0 Å². The summed E-state index contributed by atoms with van der Waals surface area (Å²) in [6.07, 6.45) is 1.09. The van der Waals surface area contributed by atoms with Crippen molar-refractivity contribution in [3.05, 3.63) is 35.6 Å². The van der Waals surface area contributed by atoms with E-state index in [0.29, 0.717) is 12.1 Å². The van der Waals surface area contributed by atoms with Crippen LogP contribution in [0.25, 0.3) is 0 Å². The van der Waals surface area contributed by atoms with Gasteiger partial charge in [-0.3, -0.25) is 4.90 Å². The number of hydrogen-bond acceptors (Lipinski definition) is 2. The Balaban J connectivity index is 2.53. The predicted molar refractivity (Wildman–Crippen MR) is 75.1 cm³/mol. The van der Waals surface area contributed by atoms with Crippen molar-refractivity contribution in [2.75, 3.05) is 13.6 Å². The van der Waals surface area contributed by atoms with Crippen LogP contribution in [0.4, 0.5) is 4.39 Å². The summed E-state index contributed by atoms with van der Waals surface area (Å²) in [6.45, 7) is 8.25.